The summed E-state index contributed by atoms with van der Waals surface area (Å²) in [7, 11) is 0. The zero-order valence-electron chi connectivity index (χ0n) is 11.0. The predicted molar refractivity (Wildman–Crippen MR) is 69.5 cm³/mol. The minimum absolute atomic E-state index is 0.0602. The third kappa shape index (κ3) is 3.33. The Morgan fingerprint density at radius 3 is 2.67 bits per heavy atom. The van der Waals surface area contributed by atoms with Gasteiger partial charge in [0, 0.05) is 0 Å². The molecule has 1 aromatic carbocycles. The van der Waals surface area contributed by atoms with E-state index in [-0.39, 0.29) is 12.1 Å². The smallest absolute Gasteiger partial charge is 0.338 e. The highest BCUT2D eigenvalue weighted by Gasteiger charge is 2.28. The van der Waals surface area contributed by atoms with Crippen LogP contribution in [0.4, 0.5) is 0 Å². The first kappa shape index (κ1) is 13.1. The van der Waals surface area contributed by atoms with Gasteiger partial charge in [-0.2, -0.15) is 0 Å². The van der Waals surface area contributed by atoms with Crippen LogP contribution in [0.1, 0.15) is 37.0 Å². The second-order valence-electron chi connectivity index (χ2n) is 5.08. The van der Waals surface area contributed by atoms with E-state index >= 15 is 0 Å². The normalized spacial score (nSPS) is 23.3. The minimum atomic E-state index is -0.271. The van der Waals surface area contributed by atoms with Crippen LogP contribution in [0.25, 0.3) is 0 Å². The Hall–Kier alpha value is -1.35. The number of carbonyl (C=O) groups is 1. The van der Waals surface area contributed by atoms with Crippen LogP contribution >= 0.6 is 0 Å². The first-order chi connectivity index (χ1) is 8.66. The minimum Gasteiger partial charge on any atom is -0.459 e. The Morgan fingerprint density at radius 2 is 2.06 bits per heavy atom. The fourth-order valence-corrected chi connectivity index (χ4v) is 2.17. The molecular weight excluding hydrogens is 228 g/mol. The van der Waals surface area contributed by atoms with Crippen molar-refractivity contribution < 1.29 is 14.3 Å². The average molecular weight is 248 g/mol. The van der Waals surface area contributed by atoms with Crippen LogP contribution < -0.4 is 0 Å². The van der Waals surface area contributed by atoms with Crippen LogP contribution in [0.2, 0.25) is 0 Å². The number of ether oxygens (including phenoxy) is 2. The highest BCUT2D eigenvalue weighted by atomic mass is 16.6. The topological polar surface area (TPSA) is 35.5 Å². The summed E-state index contributed by atoms with van der Waals surface area (Å²) in [5, 5.41) is 0. The fourth-order valence-electron chi connectivity index (χ4n) is 2.17. The van der Waals surface area contributed by atoms with E-state index in [2.05, 4.69) is 13.8 Å². The Kier molecular flexibility index (Phi) is 4.37. The molecule has 1 aromatic rings. The summed E-state index contributed by atoms with van der Waals surface area (Å²) >= 11 is 0. The number of rotatable bonds is 4. The van der Waals surface area contributed by atoms with E-state index in [1.165, 1.54) is 0 Å². The van der Waals surface area contributed by atoms with Crippen molar-refractivity contribution in [2.45, 2.75) is 38.9 Å². The van der Waals surface area contributed by atoms with Gasteiger partial charge in [-0.25, -0.2) is 4.79 Å². The molecule has 0 bridgehead atoms. The SMILES string of the molecule is CC(C)C1CCC(COC(=O)c2ccccc2)O1. The van der Waals surface area contributed by atoms with Gasteiger partial charge in [0.25, 0.3) is 0 Å². The first-order valence-corrected chi connectivity index (χ1v) is 6.54. The zero-order valence-corrected chi connectivity index (χ0v) is 11.0. The molecule has 0 spiro atoms. The van der Waals surface area contributed by atoms with Crippen molar-refractivity contribution in [1.29, 1.82) is 0 Å². The molecule has 1 aliphatic rings. The molecule has 1 aliphatic heterocycles. The maximum Gasteiger partial charge on any atom is 0.338 e. The molecule has 2 atom stereocenters. The maximum atomic E-state index is 11.7. The summed E-state index contributed by atoms with van der Waals surface area (Å²) in [6.07, 6.45) is 2.41. The molecule has 0 N–H and O–H groups in total. The summed E-state index contributed by atoms with van der Waals surface area (Å²) in [5.74, 6) is 0.257. The Bertz CT molecular complexity index is 386. The molecule has 3 nitrogen and oxygen atoms in total. The van der Waals surface area contributed by atoms with Crippen molar-refractivity contribution >= 4 is 5.97 Å². The van der Waals surface area contributed by atoms with Crippen LogP contribution in [0.5, 0.6) is 0 Å². The number of esters is 1. The molecule has 0 amide bonds. The Balaban J connectivity index is 1.78. The molecule has 1 fully saturated rings. The molecule has 98 valence electrons. The van der Waals surface area contributed by atoms with Crippen LogP contribution in [0.15, 0.2) is 30.3 Å². The van der Waals surface area contributed by atoms with Crippen molar-refractivity contribution in [3.05, 3.63) is 35.9 Å². The summed E-state index contributed by atoms with van der Waals surface area (Å²) in [5.41, 5.74) is 0.593. The Labute approximate surface area is 108 Å². The van der Waals surface area contributed by atoms with Crippen molar-refractivity contribution in [2.75, 3.05) is 6.61 Å². The first-order valence-electron chi connectivity index (χ1n) is 6.54. The molecule has 1 saturated heterocycles. The van der Waals surface area contributed by atoms with Gasteiger partial charge in [-0.05, 0) is 30.9 Å². The quantitative estimate of drug-likeness (QED) is 0.768. The standard InChI is InChI=1S/C15H20O3/c1-11(2)14-9-8-13(18-14)10-17-15(16)12-6-4-3-5-7-12/h3-7,11,13-14H,8-10H2,1-2H3. The molecule has 18 heavy (non-hydrogen) atoms. The summed E-state index contributed by atoms with van der Waals surface area (Å²) in [4.78, 5) is 11.7. The lowest BCUT2D eigenvalue weighted by molar-refractivity contribution is -0.0204. The number of benzene rings is 1. The third-order valence-corrected chi connectivity index (χ3v) is 3.29. The highest BCUT2D eigenvalue weighted by molar-refractivity contribution is 5.89. The van der Waals surface area contributed by atoms with E-state index in [1.807, 2.05) is 18.2 Å². The summed E-state index contributed by atoms with van der Waals surface area (Å²) in [6.45, 7) is 4.67. The second kappa shape index (κ2) is 6.01. The lowest BCUT2D eigenvalue weighted by Crippen LogP contribution is -2.21. The molecule has 3 heteroatoms. The number of hydrogen-bond donors (Lipinski definition) is 0. The fraction of sp³-hybridized carbons (Fsp3) is 0.533. The molecule has 1 heterocycles. The van der Waals surface area contributed by atoms with Gasteiger partial charge >= 0.3 is 5.97 Å². The molecule has 2 unspecified atom stereocenters. The van der Waals surface area contributed by atoms with Gasteiger partial charge in [0.05, 0.1) is 17.8 Å². The predicted octanol–water partition coefficient (Wildman–Crippen LogP) is 3.05. The molecule has 0 aromatic heterocycles. The van der Waals surface area contributed by atoms with Crippen LogP contribution in [-0.2, 0) is 9.47 Å². The van der Waals surface area contributed by atoms with Gasteiger partial charge in [-0.3, -0.25) is 0 Å². The molecule has 0 saturated carbocycles. The average Bonchev–Trinajstić information content (AvgIpc) is 2.86. The van der Waals surface area contributed by atoms with E-state index in [1.54, 1.807) is 12.1 Å². The lowest BCUT2D eigenvalue weighted by atomic mass is 10.0. The zero-order chi connectivity index (χ0) is 13.0. The number of hydrogen-bond acceptors (Lipinski definition) is 3. The van der Waals surface area contributed by atoms with E-state index in [4.69, 9.17) is 9.47 Å². The number of carbonyl (C=O) groups excluding carboxylic acids is 1. The van der Waals surface area contributed by atoms with Gasteiger partial charge in [0.1, 0.15) is 6.61 Å². The largest absolute Gasteiger partial charge is 0.459 e. The highest BCUT2D eigenvalue weighted by Crippen LogP contribution is 2.25. The lowest BCUT2D eigenvalue weighted by Gasteiger charge is -2.16. The van der Waals surface area contributed by atoms with Crippen molar-refractivity contribution in [3.63, 3.8) is 0 Å². The van der Waals surface area contributed by atoms with Gasteiger partial charge in [0.2, 0.25) is 0 Å². The third-order valence-electron chi connectivity index (χ3n) is 3.29. The van der Waals surface area contributed by atoms with Gasteiger partial charge in [-0.1, -0.05) is 32.0 Å². The summed E-state index contributed by atoms with van der Waals surface area (Å²) in [6, 6.07) is 9.06. The molecular formula is C15H20O3. The molecule has 2 rings (SSSR count). The van der Waals surface area contributed by atoms with Crippen molar-refractivity contribution in [3.8, 4) is 0 Å². The van der Waals surface area contributed by atoms with Gasteiger partial charge in [0.15, 0.2) is 0 Å². The molecule has 0 radical (unpaired) electrons. The monoisotopic (exact) mass is 248 g/mol. The van der Waals surface area contributed by atoms with Crippen LogP contribution in [0.3, 0.4) is 0 Å². The molecule has 0 aliphatic carbocycles. The van der Waals surface area contributed by atoms with Crippen LogP contribution in [-0.4, -0.2) is 24.8 Å². The van der Waals surface area contributed by atoms with Crippen LogP contribution in [0, 0.1) is 5.92 Å². The summed E-state index contributed by atoms with van der Waals surface area (Å²) < 4.78 is 11.1. The van der Waals surface area contributed by atoms with Crippen molar-refractivity contribution in [1.82, 2.24) is 0 Å². The van der Waals surface area contributed by atoms with E-state index < -0.39 is 0 Å². The van der Waals surface area contributed by atoms with E-state index in [0.717, 1.165) is 12.8 Å². The van der Waals surface area contributed by atoms with E-state index in [9.17, 15) is 4.79 Å². The second-order valence-corrected chi connectivity index (χ2v) is 5.08. The van der Waals surface area contributed by atoms with Gasteiger partial charge < -0.3 is 9.47 Å². The van der Waals surface area contributed by atoms with Crippen molar-refractivity contribution in [2.24, 2.45) is 5.92 Å². The Morgan fingerprint density at radius 1 is 1.33 bits per heavy atom. The van der Waals surface area contributed by atoms with E-state index in [0.29, 0.717) is 24.2 Å². The maximum absolute atomic E-state index is 11.7. The van der Waals surface area contributed by atoms with Gasteiger partial charge in [-0.15, -0.1) is 0 Å².